The molecular weight excluding hydrogens is 445 g/mol. The summed E-state index contributed by atoms with van der Waals surface area (Å²) in [5, 5.41) is 13.4. The van der Waals surface area contributed by atoms with E-state index in [0.717, 1.165) is 4.57 Å². The highest BCUT2D eigenvalue weighted by Gasteiger charge is 2.49. The van der Waals surface area contributed by atoms with Gasteiger partial charge in [0.15, 0.2) is 6.23 Å². The minimum absolute atomic E-state index is 0.0369. The summed E-state index contributed by atoms with van der Waals surface area (Å²) < 4.78 is 36.3. The van der Waals surface area contributed by atoms with E-state index >= 15 is 0 Å². The molecule has 1 aromatic heterocycles. The van der Waals surface area contributed by atoms with Crippen LogP contribution in [0.2, 0.25) is 0 Å². The summed E-state index contributed by atoms with van der Waals surface area (Å²) in [4.78, 5) is 38.1. The molecule has 182 valence electrons. The Labute approximate surface area is 185 Å². The summed E-state index contributed by atoms with van der Waals surface area (Å²) in [6.45, 7) is 6.60. The first kappa shape index (κ1) is 26.4. The van der Waals surface area contributed by atoms with Crippen LogP contribution in [0.1, 0.15) is 32.6 Å². The van der Waals surface area contributed by atoms with E-state index in [-0.39, 0.29) is 31.5 Å². The average molecular weight is 477 g/mol. The van der Waals surface area contributed by atoms with Gasteiger partial charge in [0.2, 0.25) is 5.91 Å². The second-order valence-electron chi connectivity index (χ2n) is 7.52. The van der Waals surface area contributed by atoms with E-state index in [1.54, 1.807) is 20.8 Å². The molecule has 1 amide bonds. The Bertz CT molecular complexity index is 937. The van der Waals surface area contributed by atoms with Crippen LogP contribution >= 0.6 is 7.60 Å². The van der Waals surface area contributed by atoms with Crippen molar-refractivity contribution in [3.05, 3.63) is 32.6 Å². The lowest BCUT2D eigenvalue weighted by Crippen LogP contribution is -2.42. The van der Waals surface area contributed by atoms with Crippen LogP contribution in [-0.2, 0) is 27.9 Å². The van der Waals surface area contributed by atoms with Crippen molar-refractivity contribution in [2.45, 2.75) is 52.2 Å². The molecular formula is C19H32N3O9P. The van der Waals surface area contributed by atoms with Crippen LogP contribution < -0.4 is 16.6 Å². The zero-order valence-corrected chi connectivity index (χ0v) is 19.8. The summed E-state index contributed by atoms with van der Waals surface area (Å²) >= 11 is 0. The lowest BCUT2D eigenvalue weighted by molar-refractivity contribution is -0.132. The number of nitrogens with one attached hydrogen (secondary N) is 2. The van der Waals surface area contributed by atoms with Crippen molar-refractivity contribution in [2.75, 3.05) is 33.0 Å². The highest BCUT2D eigenvalue weighted by atomic mass is 31.2. The molecule has 3 N–H and O–H groups in total. The molecule has 1 fully saturated rings. The van der Waals surface area contributed by atoms with Gasteiger partial charge in [-0.2, -0.15) is 0 Å². The molecule has 0 saturated carbocycles. The number of aromatic nitrogens is 2. The first-order valence-corrected chi connectivity index (χ1v) is 12.2. The Hall–Kier alpha value is -1.82. The molecule has 1 aromatic rings. The summed E-state index contributed by atoms with van der Waals surface area (Å²) in [6.07, 6.45) is -3.17. The molecule has 2 rings (SSSR count). The van der Waals surface area contributed by atoms with Crippen LogP contribution in [0.15, 0.2) is 15.8 Å². The van der Waals surface area contributed by atoms with Crippen molar-refractivity contribution in [3.8, 4) is 0 Å². The summed E-state index contributed by atoms with van der Waals surface area (Å²) in [5.74, 6) is -0.959. The number of carbonyl (C=O) groups is 1. The van der Waals surface area contributed by atoms with E-state index in [1.165, 1.54) is 20.2 Å². The van der Waals surface area contributed by atoms with Crippen molar-refractivity contribution in [3.63, 3.8) is 0 Å². The van der Waals surface area contributed by atoms with Crippen molar-refractivity contribution >= 4 is 13.5 Å². The van der Waals surface area contributed by atoms with Gasteiger partial charge >= 0.3 is 13.3 Å². The molecule has 1 aliphatic heterocycles. The molecule has 0 bridgehead atoms. The number of amides is 1. The van der Waals surface area contributed by atoms with Gasteiger partial charge in [-0.25, -0.2) is 4.79 Å². The number of hydrogen-bond acceptors (Lipinski definition) is 9. The van der Waals surface area contributed by atoms with E-state index in [0.29, 0.717) is 0 Å². The van der Waals surface area contributed by atoms with Gasteiger partial charge in [0.25, 0.3) is 5.56 Å². The number of nitrogens with zero attached hydrogens (tertiary/aromatic N) is 1. The molecule has 32 heavy (non-hydrogen) atoms. The Morgan fingerprint density at radius 2 is 1.97 bits per heavy atom. The number of aliphatic hydroxyl groups is 1. The summed E-state index contributed by atoms with van der Waals surface area (Å²) in [5.41, 5.74) is -1.05. The van der Waals surface area contributed by atoms with Gasteiger partial charge in [-0.15, -0.1) is 0 Å². The Kier molecular flexibility index (Phi) is 9.38. The molecule has 12 nitrogen and oxygen atoms in total. The molecule has 0 aromatic carbocycles. The predicted octanol–water partition coefficient (Wildman–Crippen LogP) is 0.137. The number of hydrogen-bond donors (Lipinski definition) is 3. The molecule has 5 atom stereocenters. The molecule has 1 saturated heterocycles. The summed E-state index contributed by atoms with van der Waals surface area (Å²) in [6, 6.07) is 0. The van der Waals surface area contributed by atoms with Gasteiger partial charge in [-0.1, -0.05) is 6.92 Å². The smallest absolute Gasteiger partial charge is 0.331 e. The molecule has 0 aliphatic carbocycles. The molecule has 1 unspecified atom stereocenters. The quantitative estimate of drug-likeness (QED) is 0.377. The minimum atomic E-state index is -3.44. The lowest BCUT2D eigenvalue weighted by atomic mass is 10.00. The SMILES string of the molecule is CCOP(=O)(C[C@H](C)C1O[C@@H](n2cc(C)c(=O)[nH]c2=O)[C@H](OCC(=O)NC)[C@@H]1O)OCC. The maximum atomic E-state index is 12.9. The van der Waals surface area contributed by atoms with E-state index in [1.807, 2.05) is 0 Å². The monoisotopic (exact) mass is 477 g/mol. The number of carbonyl (C=O) groups excluding carboxylic acids is 1. The highest BCUT2D eigenvalue weighted by molar-refractivity contribution is 7.53. The number of aliphatic hydroxyl groups excluding tert-OH is 1. The Morgan fingerprint density at radius 1 is 1.34 bits per heavy atom. The lowest BCUT2D eigenvalue weighted by Gasteiger charge is -2.26. The molecule has 2 heterocycles. The maximum Gasteiger partial charge on any atom is 0.331 e. The van der Waals surface area contributed by atoms with Crippen LogP contribution in [0.3, 0.4) is 0 Å². The summed E-state index contributed by atoms with van der Waals surface area (Å²) in [7, 11) is -2.00. The van der Waals surface area contributed by atoms with Crippen LogP contribution in [0.5, 0.6) is 0 Å². The molecule has 1 aliphatic rings. The van der Waals surface area contributed by atoms with E-state index in [2.05, 4.69) is 10.3 Å². The van der Waals surface area contributed by atoms with Crippen LogP contribution in [-0.4, -0.2) is 71.9 Å². The Balaban J connectivity index is 2.35. The number of aryl methyl sites for hydroxylation is 1. The number of H-pyrrole nitrogens is 1. The third kappa shape index (κ3) is 6.15. The number of rotatable bonds is 11. The van der Waals surface area contributed by atoms with Crippen LogP contribution in [0, 0.1) is 12.8 Å². The maximum absolute atomic E-state index is 12.9. The first-order valence-electron chi connectivity index (χ1n) is 10.4. The second-order valence-corrected chi connectivity index (χ2v) is 9.62. The topological polar surface area (TPSA) is 158 Å². The third-order valence-electron chi connectivity index (χ3n) is 5.08. The third-order valence-corrected chi connectivity index (χ3v) is 7.41. The normalized spacial score (nSPS) is 24.4. The van der Waals surface area contributed by atoms with Gasteiger partial charge in [0.05, 0.1) is 25.5 Å². The van der Waals surface area contributed by atoms with Crippen LogP contribution in [0.4, 0.5) is 0 Å². The zero-order chi connectivity index (χ0) is 24.1. The first-order chi connectivity index (χ1) is 15.1. The van der Waals surface area contributed by atoms with Crippen molar-refractivity contribution < 1.29 is 33.0 Å². The van der Waals surface area contributed by atoms with E-state index < -0.39 is 55.2 Å². The molecule has 13 heteroatoms. The van der Waals surface area contributed by atoms with Crippen molar-refractivity contribution in [1.29, 1.82) is 0 Å². The number of aromatic amines is 1. The highest BCUT2D eigenvalue weighted by Crippen LogP contribution is 2.51. The second kappa shape index (κ2) is 11.4. The fraction of sp³-hybridized carbons (Fsp3) is 0.737. The van der Waals surface area contributed by atoms with E-state index in [9.17, 15) is 24.1 Å². The molecule has 0 spiro atoms. The molecule has 0 radical (unpaired) electrons. The predicted molar refractivity (Wildman–Crippen MR) is 115 cm³/mol. The zero-order valence-electron chi connectivity index (χ0n) is 18.9. The van der Waals surface area contributed by atoms with E-state index in [4.69, 9.17) is 18.5 Å². The van der Waals surface area contributed by atoms with Gasteiger partial charge in [-0.3, -0.25) is 23.7 Å². The van der Waals surface area contributed by atoms with Crippen LogP contribution in [0.25, 0.3) is 0 Å². The van der Waals surface area contributed by atoms with Gasteiger partial charge in [-0.05, 0) is 26.7 Å². The minimum Gasteiger partial charge on any atom is -0.387 e. The fourth-order valence-electron chi connectivity index (χ4n) is 3.56. The Morgan fingerprint density at radius 3 is 2.53 bits per heavy atom. The largest absolute Gasteiger partial charge is 0.387 e. The number of likely N-dealkylation sites (N-methyl/N-ethyl adjacent to an activating group) is 1. The standard InChI is InChI=1S/C19H32N3O9P/c1-6-29-32(27,30-7-2)10-12(4)15-14(24)16(28-9-13(23)20-5)18(31-15)22-8-11(3)17(25)21-19(22)26/h8,12,14-16,18,24H,6-7,9-10H2,1-5H3,(H,20,23)(H,21,25,26)/t12-,14+,15?,16+,18+/m0/s1. The van der Waals surface area contributed by atoms with Gasteiger partial charge in [0.1, 0.15) is 18.8 Å². The number of ether oxygens (including phenoxy) is 2. The van der Waals surface area contributed by atoms with Gasteiger partial charge in [0, 0.05) is 18.8 Å². The van der Waals surface area contributed by atoms with Crippen molar-refractivity contribution in [2.24, 2.45) is 5.92 Å². The average Bonchev–Trinajstić information content (AvgIpc) is 3.05. The van der Waals surface area contributed by atoms with Gasteiger partial charge < -0.3 is 28.9 Å². The fourth-order valence-corrected chi connectivity index (χ4v) is 5.55. The van der Waals surface area contributed by atoms with Crippen molar-refractivity contribution in [1.82, 2.24) is 14.9 Å².